The largest absolute Gasteiger partial charge is 0.481 e. The molecule has 0 bridgehead atoms. The molecule has 2 aliphatic rings. The highest BCUT2D eigenvalue weighted by Gasteiger charge is 2.45. The minimum Gasteiger partial charge on any atom is -0.481 e. The van der Waals surface area contributed by atoms with Gasteiger partial charge in [0.25, 0.3) is 0 Å². The Morgan fingerprint density at radius 1 is 1.16 bits per heavy atom. The van der Waals surface area contributed by atoms with Crippen LogP contribution in [0, 0.1) is 5.41 Å². The van der Waals surface area contributed by atoms with Crippen molar-refractivity contribution in [2.75, 3.05) is 19.8 Å². The number of amides is 1. The van der Waals surface area contributed by atoms with Gasteiger partial charge in [0.2, 0.25) is 5.91 Å². The lowest BCUT2D eigenvalue weighted by Crippen LogP contribution is -2.50. The number of carbonyl (C=O) groups is 2. The smallest absolute Gasteiger partial charge is 0.311 e. The molecule has 1 amide bonds. The van der Waals surface area contributed by atoms with Crippen molar-refractivity contribution in [1.82, 2.24) is 5.32 Å². The summed E-state index contributed by atoms with van der Waals surface area (Å²) >= 11 is 6.13. The van der Waals surface area contributed by atoms with Crippen LogP contribution < -0.4 is 5.32 Å². The Kier molecular flexibility index (Phi) is 5.35. The van der Waals surface area contributed by atoms with Crippen LogP contribution >= 0.6 is 11.6 Å². The third-order valence-electron chi connectivity index (χ3n) is 5.76. The van der Waals surface area contributed by atoms with E-state index in [0.29, 0.717) is 31.1 Å². The van der Waals surface area contributed by atoms with Crippen molar-refractivity contribution in [3.05, 3.63) is 34.9 Å². The van der Waals surface area contributed by atoms with Gasteiger partial charge in [-0.15, -0.1) is 0 Å². The summed E-state index contributed by atoms with van der Waals surface area (Å²) < 4.78 is 5.29. The first-order valence-corrected chi connectivity index (χ1v) is 9.22. The molecular formula is C19H24ClNO4. The monoisotopic (exact) mass is 365 g/mol. The zero-order valence-corrected chi connectivity index (χ0v) is 15.0. The Hall–Kier alpha value is -1.59. The second kappa shape index (κ2) is 7.34. The molecule has 2 fully saturated rings. The predicted molar refractivity (Wildman–Crippen MR) is 94.7 cm³/mol. The van der Waals surface area contributed by atoms with Crippen LogP contribution in [0.25, 0.3) is 0 Å². The van der Waals surface area contributed by atoms with Crippen molar-refractivity contribution in [1.29, 1.82) is 0 Å². The number of aliphatic carboxylic acids is 1. The average Bonchev–Trinajstić information content (AvgIpc) is 3.11. The Morgan fingerprint density at radius 2 is 1.84 bits per heavy atom. The van der Waals surface area contributed by atoms with Crippen LogP contribution in [0.2, 0.25) is 5.02 Å². The highest BCUT2D eigenvalue weighted by Crippen LogP contribution is 2.42. The van der Waals surface area contributed by atoms with Crippen LogP contribution in [0.3, 0.4) is 0 Å². The van der Waals surface area contributed by atoms with Gasteiger partial charge in [-0.05, 0) is 43.4 Å². The van der Waals surface area contributed by atoms with Gasteiger partial charge in [-0.2, -0.15) is 0 Å². The van der Waals surface area contributed by atoms with Crippen LogP contribution in [0.4, 0.5) is 0 Å². The summed E-state index contributed by atoms with van der Waals surface area (Å²) in [5.74, 6) is -0.946. The Labute approximate surface area is 152 Å². The van der Waals surface area contributed by atoms with E-state index in [2.05, 4.69) is 5.32 Å². The molecule has 0 aromatic heterocycles. The maximum atomic E-state index is 13.1. The van der Waals surface area contributed by atoms with Crippen molar-refractivity contribution in [2.24, 2.45) is 5.41 Å². The highest BCUT2D eigenvalue weighted by molar-refractivity contribution is 6.30. The molecule has 1 aliphatic carbocycles. The summed E-state index contributed by atoms with van der Waals surface area (Å²) in [5.41, 5.74) is -0.607. The van der Waals surface area contributed by atoms with Gasteiger partial charge in [-0.3, -0.25) is 9.59 Å². The van der Waals surface area contributed by atoms with Gasteiger partial charge in [0, 0.05) is 24.8 Å². The number of benzene rings is 1. The minimum absolute atomic E-state index is 0.0839. The zero-order chi connectivity index (χ0) is 17.9. The molecule has 1 aromatic carbocycles. The number of halogens is 1. The predicted octanol–water partition coefficient (Wildman–Crippen LogP) is 3.15. The summed E-state index contributed by atoms with van der Waals surface area (Å²) in [4.78, 5) is 24.9. The number of hydrogen-bond acceptors (Lipinski definition) is 3. The number of carboxylic acids is 1. The van der Waals surface area contributed by atoms with Gasteiger partial charge >= 0.3 is 5.97 Å². The fourth-order valence-corrected chi connectivity index (χ4v) is 4.25. The molecule has 25 heavy (non-hydrogen) atoms. The molecule has 0 radical (unpaired) electrons. The number of carboxylic acid groups (broad SMARTS) is 1. The molecule has 0 atom stereocenters. The van der Waals surface area contributed by atoms with E-state index in [1.807, 2.05) is 18.2 Å². The van der Waals surface area contributed by atoms with Crippen molar-refractivity contribution in [3.63, 3.8) is 0 Å². The Balaban J connectivity index is 1.79. The molecule has 0 spiro atoms. The van der Waals surface area contributed by atoms with Crippen molar-refractivity contribution >= 4 is 23.5 Å². The second-order valence-electron chi connectivity index (χ2n) is 7.18. The lowest BCUT2D eigenvalue weighted by molar-refractivity contribution is -0.154. The van der Waals surface area contributed by atoms with Crippen LogP contribution in [0.5, 0.6) is 0 Å². The van der Waals surface area contributed by atoms with Crippen LogP contribution in [-0.4, -0.2) is 36.7 Å². The van der Waals surface area contributed by atoms with E-state index >= 15 is 0 Å². The zero-order valence-electron chi connectivity index (χ0n) is 14.2. The molecule has 136 valence electrons. The van der Waals surface area contributed by atoms with E-state index in [0.717, 1.165) is 31.2 Å². The van der Waals surface area contributed by atoms with E-state index in [-0.39, 0.29) is 12.5 Å². The first-order chi connectivity index (χ1) is 12.0. The van der Waals surface area contributed by atoms with Gasteiger partial charge in [-0.25, -0.2) is 0 Å². The molecule has 5 nitrogen and oxygen atoms in total. The van der Waals surface area contributed by atoms with E-state index in [1.165, 1.54) is 0 Å². The number of rotatable bonds is 5. The van der Waals surface area contributed by atoms with Gasteiger partial charge in [-0.1, -0.05) is 36.6 Å². The van der Waals surface area contributed by atoms with Crippen LogP contribution in [0.15, 0.2) is 24.3 Å². The topological polar surface area (TPSA) is 75.6 Å². The van der Waals surface area contributed by atoms with Crippen LogP contribution in [0.1, 0.15) is 44.1 Å². The standard InChI is InChI=1S/C19H24ClNO4/c20-15-5-3-4-14(12-15)19(6-1-2-7-19)16(22)21-13-18(17(23)24)8-10-25-11-9-18/h3-5,12H,1-2,6-11,13H2,(H,21,22)(H,23,24). The fraction of sp³-hybridized carbons (Fsp3) is 0.579. The van der Waals surface area contributed by atoms with Crippen molar-refractivity contribution < 1.29 is 19.4 Å². The molecule has 1 aromatic rings. The quantitative estimate of drug-likeness (QED) is 0.840. The third kappa shape index (κ3) is 3.53. The van der Waals surface area contributed by atoms with Gasteiger partial charge in [0.15, 0.2) is 0 Å². The molecule has 0 unspecified atom stereocenters. The van der Waals surface area contributed by atoms with Crippen molar-refractivity contribution in [3.8, 4) is 0 Å². The van der Waals surface area contributed by atoms with E-state index < -0.39 is 16.8 Å². The number of nitrogens with one attached hydrogen (secondary N) is 1. The molecule has 1 aliphatic heterocycles. The Morgan fingerprint density at radius 3 is 2.44 bits per heavy atom. The number of carbonyl (C=O) groups excluding carboxylic acids is 1. The molecule has 1 heterocycles. The summed E-state index contributed by atoms with van der Waals surface area (Å²) in [7, 11) is 0. The molecule has 3 rings (SSSR count). The fourth-order valence-electron chi connectivity index (χ4n) is 4.06. The molecule has 1 saturated carbocycles. The second-order valence-corrected chi connectivity index (χ2v) is 7.62. The lowest BCUT2D eigenvalue weighted by atomic mass is 9.76. The van der Waals surface area contributed by atoms with Gasteiger partial charge in [0.1, 0.15) is 0 Å². The molecule has 2 N–H and O–H groups in total. The highest BCUT2D eigenvalue weighted by atomic mass is 35.5. The van der Waals surface area contributed by atoms with E-state index in [1.54, 1.807) is 6.07 Å². The average molecular weight is 366 g/mol. The summed E-state index contributed by atoms with van der Waals surface area (Å²) in [6, 6.07) is 7.46. The van der Waals surface area contributed by atoms with Crippen molar-refractivity contribution in [2.45, 2.75) is 43.9 Å². The molecular weight excluding hydrogens is 342 g/mol. The van der Waals surface area contributed by atoms with Crippen LogP contribution in [-0.2, 0) is 19.7 Å². The molecule has 6 heteroatoms. The normalized spacial score (nSPS) is 21.6. The number of ether oxygens (including phenoxy) is 1. The first kappa shape index (κ1) is 18.2. The van der Waals surface area contributed by atoms with E-state index in [4.69, 9.17) is 16.3 Å². The maximum absolute atomic E-state index is 13.1. The minimum atomic E-state index is -0.929. The summed E-state index contributed by atoms with van der Waals surface area (Å²) in [5, 5.41) is 13.2. The SMILES string of the molecule is O=C(O)C1(CNC(=O)C2(c3cccc(Cl)c3)CCCC2)CCOCC1. The Bertz CT molecular complexity index is 649. The van der Waals surface area contributed by atoms with E-state index in [9.17, 15) is 14.7 Å². The number of hydrogen-bond donors (Lipinski definition) is 2. The third-order valence-corrected chi connectivity index (χ3v) is 5.99. The first-order valence-electron chi connectivity index (χ1n) is 8.84. The summed E-state index contributed by atoms with van der Waals surface area (Å²) in [6.07, 6.45) is 4.35. The van der Waals surface area contributed by atoms with Gasteiger partial charge < -0.3 is 15.2 Å². The van der Waals surface area contributed by atoms with Gasteiger partial charge in [0.05, 0.1) is 10.8 Å². The summed E-state index contributed by atoms with van der Waals surface area (Å²) in [6.45, 7) is 0.982. The molecule has 1 saturated heterocycles. The lowest BCUT2D eigenvalue weighted by Gasteiger charge is -2.35. The maximum Gasteiger partial charge on any atom is 0.311 e.